The van der Waals surface area contributed by atoms with Gasteiger partial charge in [-0.1, -0.05) is 119 Å². The molecule has 0 N–H and O–H groups in total. The van der Waals surface area contributed by atoms with Crippen LogP contribution in [0.15, 0.2) is 48.9 Å². The summed E-state index contributed by atoms with van der Waals surface area (Å²) in [7, 11) is 0. The van der Waals surface area contributed by atoms with Gasteiger partial charge in [-0.2, -0.15) is 0 Å². The summed E-state index contributed by atoms with van der Waals surface area (Å²) in [6.45, 7) is 27.2. The third-order valence-electron chi connectivity index (χ3n) is 6.07. The normalized spacial score (nSPS) is 13.8. The van der Waals surface area contributed by atoms with Crippen LogP contribution in [0.3, 0.4) is 0 Å². The highest BCUT2D eigenvalue weighted by Crippen LogP contribution is 2.36. The molecule has 0 atom stereocenters. The molecule has 0 fully saturated rings. The van der Waals surface area contributed by atoms with Crippen molar-refractivity contribution in [3.63, 3.8) is 0 Å². The van der Waals surface area contributed by atoms with Gasteiger partial charge in [0.2, 0.25) is 0 Å². The van der Waals surface area contributed by atoms with Crippen molar-refractivity contribution in [2.24, 2.45) is 0 Å². The zero-order chi connectivity index (χ0) is 25.2. The van der Waals surface area contributed by atoms with Gasteiger partial charge in [0, 0.05) is 0 Å². The van der Waals surface area contributed by atoms with E-state index in [0.717, 1.165) is 0 Å². The highest BCUT2D eigenvalue weighted by Gasteiger charge is 2.25. The van der Waals surface area contributed by atoms with Gasteiger partial charge in [0.05, 0.1) is 12.5 Å². The molecule has 2 aromatic rings. The van der Waals surface area contributed by atoms with Gasteiger partial charge in [0.25, 0.3) is 0 Å². The minimum absolute atomic E-state index is 0.0596. The van der Waals surface area contributed by atoms with Gasteiger partial charge in [-0.15, -0.1) is 0 Å². The first-order valence-electron chi connectivity index (χ1n) is 12.2. The summed E-state index contributed by atoms with van der Waals surface area (Å²) in [5.41, 5.74) is 8.12. The minimum atomic E-state index is 0.0596. The minimum Gasteiger partial charge on any atom is -0.473 e. The quantitative estimate of drug-likeness (QED) is 0.425. The molecule has 0 saturated carbocycles. The van der Waals surface area contributed by atoms with Crippen LogP contribution >= 0.6 is 0 Å². The molecule has 0 saturated heterocycles. The molecule has 0 heterocycles. The molecule has 0 unspecified atom stereocenters. The molecule has 0 aliphatic carbocycles. The third kappa shape index (κ3) is 6.85. The van der Waals surface area contributed by atoms with Crippen LogP contribution < -0.4 is 0 Å². The standard InChI is InChI=1S/C32H46O/c1-29(2,3)25-15-13-16-26(30(4,5)6)23(25)19-21-33-22-20-24-27(31(7,8)9)17-14-18-28(24)32(10,11)12/h13-22H,1-12H3. The summed E-state index contributed by atoms with van der Waals surface area (Å²) in [6.07, 6.45) is 7.91. The predicted molar refractivity (Wildman–Crippen MR) is 147 cm³/mol. The Morgan fingerprint density at radius 3 is 0.909 bits per heavy atom. The van der Waals surface area contributed by atoms with Gasteiger partial charge < -0.3 is 4.74 Å². The summed E-state index contributed by atoms with van der Waals surface area (Å²) >= 11 is 0. The van der Waals surface area contributed by atoms with E-state index < -0.39 is 0 Å². The molecule has 33 heavy (non-hydrogen) atoms. The van der Waals surface area contributed by atoms with Gasteiger partial charge in [0.15, 0.2) is 0 Å². The molecule has 0 aliphatic rings. The molecule has 0 amide bonds. The number of rotatable bonds is 4. The monoisotopic (exact) mass is 446 g/mol. The largest absolute Gasteiger partial charge is 0.473 e. The fourth-order valence-electron chi connectivity index (χ4n) is 4.37. The molecule has 1 heteroatoms. The van der Waals surface area contributed by atoms with E-state index in [1.807, 2.05) is 12.5 Å². The maximum absolute atomic E-state index is 5.95. The molecule has 0 aromatic heterocycles. The van der Waals surface area contributed by atoms with Crippen molar-refractivity contribution in [1.82, 2.24) is 0 Å². The molecule has 0 bridgehead atoms. The van der Waals surface area contributed by atoms with E-state index in [1.54, 1.807) is 0 Å². The summed E-state index contributed by atoms with van der Waals surface area (Å²) in [6, 6.07) is 13.3. The Morgan fingerprint density at radius 2 is 0.697 bits per heavy atom. The fraction of sp³-hybridized carbons (Fsp3) is 0.500. The average Bonchev–Trinajstić information content (AvgIpc) is 2.64. The second-order valence-corrected chi connectivity index (χ2v) is 13.3. The van der Waals surface area contributed by atoms with Crippen LogP contribution in [-0.4, -0.2) is 0 Å². The van der Waals surface area contributed by atoms with Gasteiger partial charge in [0.1, 0.15) is 0 Å². The van der Waals surface area contributed by atoms with Gasteiger partial charge in [-0.3, -0.25) is 0 Å². The molecule has 180 valence electrons. The van der Waals surface area contributed by atoms with Crippen LogP contribution in [-0.2, 0) is 26.4 Å². The van der Waals surface area contributed by atoms with Gasteiger partial charge in [-0.05, 0) is 67.2 Å². The molecule has 0 radical (unpaired) electrons. The second-order valence-electron chi connectivity index (χ2n) is 13.3. The van der Waals surface area contributed by atoms with Crippen LogP contribution in [0, 0.1) is 0 Å². The lowest BCUT2D eigenvalue weighted by Crippen LogP contribution is -2.19. The summed E-state index contributed by atoms with van der Waals surface area (Å²) < 4.78 is 5.95. The lowest BCUT2D eigenvalue weighted by atomic mass is 9.76. The Morgan fingerprint density at radius 1 is 0.455 bits per heavy atom. The molecular weight excluding hydrogens is 400 g/mol. The summed E-state index contributed by atoms with van der Waals surface area (Å²) in [5.74, 6) is 0. The maximum Gasteiger partial charge on any atom is 0.0907 e. The Labute approximate surface area is 204 Å². The smallest absolute Gasteiger partial charge is 0.0907 e. The van der Waals surface area contributed by atoms with E-state index in [2.05, 4.69) is 132 Å². The first-order chi connectivity index (χ1) is 14.9. The van der Waals surface area contributed by atoms with E-state index >= 15 is 0 Å². The van der Waals surface area contributed by atoms with E-state index in [1.165, 1.54) is 33.4 Å². The fourth-order valence-corrected chi connectivity index (χ4v) is 4.37. The van der Waals surface area contributed by atoms with E-state index in [9.17, 15) is 0 Å². The van der Waals surface area contributed by atoms with Crippen LogP contribution in [0.1, 0.15) is 116 Å². The molecule has 0 aliphatic heterocycles. The van der Waals surface area contributed by atoms with Crippen LogP contribution in [0.5, 0.6) is 0 Å². The number of benzene rings is 2. The lowest BCUT2D eigenvalue weighted by Gasteiger charge is -2.28. The first-order valence-corrected chi connectivity index (χ1v) is 12.2. The Kier molecular flexibility index (Phi) is 7.79. The topological polar surface area (TPSA) is 9.23 Å². The van der Waals surface area contributed by atoms with Crippen molar-refractivity contribution < 1.29 is 4.74 Å². The lowest BCUT2D eigenvalue weighted by molar-refractivity contribution is 0.409. The Hall–Kier alpha value is -2.28. The molecule has 2 aromatic carbocycles. The zero-order valence-electron chi connectivity index (χ0n) is 23.2. The number of hydrogen-bond donors (Lipinski definition) is 0. The number of ether oxygens (including phenoxy) is 1. The third-order valence-corrected chi connectivity index (χ3v) is 6.07. The highest BCUT2D eigenvalue weighted by molar-refractivity contribution is 5.62. The second kappa shape index (κ2) is 9.53. The molecule has 0 spiro atoms. The molecule has 2 rings (SSSR count). The maximum atomic E-state index is 5.95. The predicted octanol–water partition coefficient (Wildman–Crippen LogP) is 9.53. The van der Waals surface area contributed by atoms with Crippen LogP contribution in [0.2, 0.25) is 0 Å². The number of hydrogen-bond acceptors (Lipinski definition) is 1. The van der Waals surface area contributed by atoms with Gasteiger partial charge >= 0.3 is 0 Å². The summed E-state index contributed by atoms with van der Waals surface area (Å²) in [5, 5.41) is 0. The SMILES string of the molecule is CC(C)(C)c1cccc(C(C)(C)C)c1C=COC=Cc1c(C(C)(C)C)cccc1C(C)(C)C. The Bertz CT molecular complexity index is 858. The highest BCUT2D eigenvalue weighted by atomic mass is 16.5. The zero-order valence-corrected chi connectivity index (χ0v) is 23.2. The summed E-state index contributed by atoms with van der Waals surface area (Å²) in [4.78, 5) is 0. The van der Waals surface area contributed by atoms with Crippen molar-refractivity contribution >= 4 is 12.2 Å². The van der Waals surface area contributed by atoms with Gasteiger partial charge in [-0.25, -0.2) is 0 Å². The van der Waals surface area contributed by atoms with E-state index in [-0.39, 0.29) is 21.7 Å². The van der Waals surface area contributed by atoms with Crippen LogP contribution in [0.25, 0.3) is 12.2 Å². The molecule has 1 nitrogen and oxygen atoms in total. The van der Waals surface area contributed by atoms with E-state index in [0.29, 0.717) is 0 Å². The first kappa shape index (κ1) is 27.0. The van der Waals surface area contributed by atoms with Crippen LogP contribution in [0.4, 0.5) is 0 Å². The van der Waals surface area contributed by atoms with Crippen molar-refractivity contribution in [1.29, 1.82) is 0 Å². The molecular formula is C32H46O. The van der Waals surface area contributed by atoms with Crippen molar-refractivity contribution in [2.45, 2.75) is 105 Å². The van der Waals surface area contributed by atoms with E-state index in [4.69, 9.17) is 4.74 Å². The Balaban J connectivity index is 2.44. The average molecular weight is 447 g/mol. The van der Waals surface area contributed by atoms with Crippen molar-refractivity contribution in [3.05, 3.63) is 82.3 Å². The van der Waals surface area contributed by atoms with Crippen molar-refractivity contribution in [2.75, 3.05) is 0 Å². The van der Waals surface area contributed by atoms with Crippen molar-refractivity contribution in [3.8, 4) is 0 Å².